The third-order valence-electron chi connectivity index (χ3n) is 3.33. The van der Waals surface area contributed by atoms with Crippen LogP contribution >= 0.6 is 35.6 Å². The normalized spacial score (nSPS) is 23.5. The SMILES string of the molecule is CC1(C)CCC(C(O)c2c(Cl)cccc2Cl)N1.Cl. The quantitative estimate of drug-likeness (QED) is 0.866. The molecule has 0 spiro atoms. The Bertz CT molecular complexity index is 402. The summed E-state index contributed by atoms with van der Waals surface area (Å²) >= 11 is 12.2. The topological polar surface area (TPSA) is 32.3 Å². The van der Waals surface area contributed by atoms with Crippen LogP contribution in [0.15, 0.2) is 18.2 Å². The van der Waals surface area contributed by atoms with Crippen LogP contribution in [0.3, 0.4) is 0 Å². The monoisotopic (exact) mass is 309 g/mol. The van der Waals surface area contributed by atoms with E-state index < -0.39 is 6.10 Å². The predicted octanol–water partition coefficient (Wildman–Crippen LogP) is 3.98. The van der Waals surface area contributed by atoms with Gasteiger partial charge in [0, 0.05) is 27.2 Å². The molecule has 1 aromatic rings. The summed E-state index contributed by atoms with van der Waals surface area (Å²) in [5.74, 6) is 0. The van der Waals surface area contributed by atoms with Crippen molar-refractivity contribution in [3.8, 4) is 0 Å². The first-order valence-electron chi connectivity index (χ1n) is 5.80. The van der Waals surface area contributed by atoms with E-state index in [1.807, 2.05) is 0 Å². The second kappa shape index (κ2) is 5.98. The molecule has 102 valence electrons. The van der Waals surface area contributed by atoms with Gasteiger partial charge in [-0.3, -0.25) is 0 Å². The first-order valence-corrected chi connectivity index (χ1v) is 6.56. The van der Waals surface area contributed by atoms with Crippen LogP contribution < -0.4 is 5.32 Å². The van der Waals surface area contributed by atoms with Crippen LogP contribution in [-0.4, -0.2) is 16.7 Å². The lowest BCUT2D eigenvalue weighted by Crippen LogP contribution is -2.40. The third-order valence-corrected chi connectivity index (χ3v) is 3.99. The molecule has 0 bridgehead atoms. The van der Waals surface area contributed by atoms with Gasteiger partial charge in [0.1, 0.15) is 0 Å². The molecular formula is C13H18Cl3NO. The molecule has 1 saturated heterocycles. The molecule has 2 atom stereocenters. The Morgan fingerprint density at radius 2 is 1.89 bits per heavy atom. The van der Waals surface area contributed by atoms with Crippen LogP contribution in [0.4, 0.5) is 0 Å². The van der Waals surface area contributed by atoms with Gasteiger partial charge in [0.2, 0.25) is 0 Å². The van der Waals surface area contributed by atoms with Gasteiger partial charge < -0.3 is 10.4 Å². The minimum absolute atomic E-state index is 0. The van der Waals surface area contributed by atoms with E-state index in [4.69, 9.17) is 23.2 Å². The first-order chi connectivity index (χ1) is 7.91. The smallest absolute Gasteiger partial charge is 0.0971 e. The molecule has 1 aliphatic heterocycles. The molecule has 0 radical (unpaired) electrons. The van der Waals surface area contributed by atoms with Gasteiger partial charge in [0.25, 0.3) is 0 Å². The maximum atomic E-state index is 10.4. The average molecular weight is 311 g/mol. The van der Waals surface area contributed by atoms with Gasteiger partial charge >= 0.3 is 0 Å². The van der Waals surface area contributed by atoms with E-state index in [0.717, 1.165) is 12.8 Å². The van der Waals surface area contributed by atoms with Crippen LogP contribution in [0.25, 0.3) is 0 Å². The number of hydrogen-bond donors (Lipinski definition) is 2. The van der Waals surface area contributed by atoms with Crippen LogP contribution in [-0.2, 0) is 0 Å². The molecule has 1 heterocycles. The van der Waals surface area contributed by atoms with Crippen LogP contribution in [0.5, 0.6) is 0 Å². The van der Waals surface area contributed by atoms with Crippen molar-refractivity contribution in [1.29, 1.82) is 0 Å². The van der Waals surface area contributed by atoms with Gasteiger partial charge in [-0.25, -0.2) is 0 Å². The highest BCUT2D eigenvalue weighted by Gasteiger charge is 2.35. The maximum Gasteiger partial charge on any atom is 0.0971 e. The van der Waals surface area contributed by atoms with Crippen molar-refractivity contribution in [2.75, 3.05) is 0 Å². The lowest BCUT2D eigenvalue weighted by atomic mass is 10.00. The molecule has 2 unspecified atom stereocenters. The predicted molar refractivity (Wildman–Crippen MR) is 78.9 cm³/mol. The van der Waals surface area contributed by atoms with E-state index in [-0.39, 0.29) is 24.0 Å². The number of hydrogen-bond acceptors (Lipinski definition) is 2. The number of rotatable bonds is 2. The zero-order chi connectivity index (χ0) is 12.6. The highest BCUT2D eigenvalue weighted by molar-refractivity contribution is 6.36. The van der Waals surface area contributed by atoms with Crippen LogP contribution in [0.2, 0.25) is 10.0 Å². The van der Waals surface area contributed by atoms with Crippen molar-refractivity contribution in [3.05, 3.63) is 33.8 Å². The van der Waals surface area contributed by atoms with Crippen LogP contribution in [0, 0.1) is 0 Å². The van der Waals surface area contributed by atoms with E-state index in [0.29, 0.717) is 15.6 Å². The van der Waals surface area contributed by atoms with Crippen molar-refractivity contribution in [2.45, 2.75) is 44.4 Å². The molecule has 5 heteroatoms. The summed E-state index contributed by atoms with van der Waals surface area (Å²) in [5, 5.41) is 14.8. The van der Waals surface area contributed by atoms with Gasteiger partial charge in [0.05, 0.1) is 6.10 Å². The average Bonchev–Trinajstić information content (AvgIpc) is 2.58. The molecule has 0 amide bonds. The zero-order valence-electron chi connectivity index (χ0n) is 10.4. The van der Waals surface area contributed by atoms with Gasteiger partial charge in [0.15, 0.2) is 0 Å². The maximum absolute atomic E-state index is 10.4. The van der Waals surface area contributed by atoms with E-state index in [1.165, 1.54) is 0 Å². The number of nitrogens with one attached hydrogen (secondary N) is 1. The molecule has 1 fully saturated rings. The summed E-state index contributed by atoms with van der Waals surface area (Å²) < 4.78 is 0. The van der Waals surface area contributed by atoms with Crippen molar-refractivity contribution in [3.63, 3.8) is 0 Å². The van der Waals surface area contributed by atoms with Crippen molar-refractivity contribution < 1.29 is 5.11 Å². The number of halogens is 3. The van der Waals surface area contributed by atoms with Gasteiger partial charge in [-0.05, 0) is 38.8 Å². The van der Waals surface area contributed by atoms with E-state index in [2.05, 4.69) is 19.2 Å². The molecular weight excluding hydrogens is 293 g/mol. The van der Waals surface area contributed by atoms with E-state index >= 15 is 0 Å². The molecule has 18 heavy (non-hydrogen) atoms. The Morgan fingerprint density at radius 3 is 2.33 bits per heavy atom. The zero-order valence-corrected chi connectivity index (χ0v) is 12.7. The number of aliphatic hydroxyl groups excluding tert-OH is 1. The molecule has 2 rings (SSSR count). The molecule has 1 aromatic carbocycles. The molecule has 2 nitrogen and oxygen atoms in total. The van der Waals surface area contributed by atoms with Crippen LogP contribution in [0.1, 0.15) is 38.4 Å². The molecule has 2 N–H and O–H groups in total. The third kappa shape index (κ3) is 3.31. The Labute approximate surface area is 124 Å². The minimum Gasteiger partial charge on any atom is -0.387 e. The fourth-order valence-electron chi connectivity index (χ4n) is 2.39. The van der Waals surface area contributed by atoms with E-state index in [1.54, 1.807) is 18.2 Å². The highest BCUT2D eigenvalue weighted by Crippen LogP contribution is 2.36. The Kier molecular flexibility index (Phi) is 5.33. The lowest BCUT2D eigenvalue weighted by Gasteiger charge is -2.25. The lowest BCUT2D eigenvalue weighted by molar-refractivity contribution is 0.132. The van der Waals surface area contributed by atoms with Crippen molar-refractivity contribution in [2.24, 2.45) is 0 Å². The Morgan fingerprint density at radius 1 is 1.33 bits per heavy atom. The van der Waals surface area contributed by atoms with E-state index in [9.17, 15) is 5.11 Å². The second-order valence-electron chi connectivity index (χ2n) is 5.25. The summed E-state index contributed by atoms with van der Waals surface area (Å²) in [5.41, 5.74) is 0.699. The molecule has 0 aliphatic carbocycles. The fraction of sp³-hybridized carbons (Fsp3) is 0.538. The number of benzene rings is 1. The van der Waals surface area contributed by atoms with Crippen molar-refractivity contribution >= 4 is 35.6 Å². The largest absolute Gasteiger partial charge is 0.387 e. The van der Waals surface area contributed by atoms with Gasteiger partial charge in [-0.15, -0.1) is 12.4 Å². The summed E-state index contributed by atoms with van der Waals surface area (Å²) in [7, 11) is 0. The van der Waals surface area contributed by atoms with Gasteiger partial charge in [-0.2, -0.15) is 0 Å². The Hall–Kier alpha value is 0.01000. The highest BCUT2D eigenvalue weighted by atomic mass is 35.5. The molecule has 0 saturated carbocycles. The molecule has 0 aromatic heterocycles. The summed E-state index contributed by atoms with van der Waals surface area (Å²) in [6, 6.07) is 5.31. The molecule has 1 aliphatic rings. The second-order valence-corrected chi connectivity index (χ2v) is 6.07. The fourth-order valence-corrected chi connectivity index (χ4v) is 3.01. The first kappa shape index (κ1) is 16.1. The van der Waals surface area contributed by atoms with Gasteiger partial charge in [-0.1, -0.05) is 29.3 Å². The van der Waals surface area contributed by atoms with Crippen molar-refractivity contribution in [1.82, 2.24) is 5.32 Å². The standard InChI is InChI=1S/C13H17Cl2NO.ClH/c1-13(2)7-6-10(16-13)12(17)11-8(14)4-3-5-9(11)15;/h3-5,10,12,16-17H,6-7H2,1-2H3;1H. The number of aliphatic hydroxyl groups is 1. The minimum atomic E-state index is -0.655. The summed E-state index contributed by atoms with van der Waals surface area (Å²) in [6.45, 7) is 4.27. The summed E-state index contributed by atoms with van der Waals surface area (Å²) in [4.78, 5) is 0. The summed E-state index contributed by atoms with van der Waals surface area (Å²) in [6.07, 6.45) is 1.31. The Balaban J connectivity index is 0.00000162.